The molecule has 2 heterocycles. The van der Waals surface area contributed by atoms with Crippen molar-refractivity contribution >= 4 is 17.5 Å². The Labute approximate surface area is 158 Å². The summed E-state index contributed by atoms with van der Waals surface area (Å²) in [5, 5.41) is 12.1. The Kier molecular flexibility index (Phi) is 6.14. The van der Waals surface area contributed by atoms with E-state index in [9.17, 15) is 4.79 Å². The fraction of sp³-hybridized carbons (Fsp3) is 0.526. The van der Waals surface area contributed by atoms with Gasteiger partial charge in [0, 0.05) is 31.0 Å². The largest absolute Gasteiger partial charge is 0.481 e. The molecular weight excluding hydrogens is 352 g/mol. The molecule has 0 aliphatic carbocycles. The van der Waals surface area contributed by atoms with Crippen LogP contribution in [-0.2, 0) is 24.2 Å². The average Bonchev–Trinajstić information content (AvgIpc) is 2.84. The van der Waals surface area contributed by atoms with Gasteiger partial charge in [0.25, 0.3) is 5.91 Å². The molecule has 0 spiro atoms. The zero-order valence-electron chi connectivity index (χ0n) is 15.3. The SMILES string of the molecule is Cc1cc(Cl)ccc1OC(C)C(=O)NCCc1nnc2n1CCCCC2. The highest BCUT2D eigenvalue weighted by atomic mass is 35.5. The summed E-state index contributed by atoms with van der Waals surface area (Å²) < 4.78 is 7.96. The van der Waals surface area contributed by atoms with Gasteiger partial charge >= 0.3 is 0 Å². The van der Waals surface area contributed by atoms with Gasteiger partial charge < -0.3 is 14.6 Å². The van der Waals surface area contributed by atoms with Crippen molar-refractivity contribution < 1.29 is 9.53 Å². The molecule has 0 radical (unpaired) electrons. The Balaban J connectivity index is 1.50. The molecule has 0 bridgehead atoms. The number of aromatic nitrogens is 3. The van der Waals surface area contributed by atoms with Gasteiger partial charge in [0.15, 0.2) is 6.10 Å². The summed E-state index contributed by atoms with van der Waals surface area (Å²) in [6.45, 7) is 5.14. The molecule has 1 aromatic carbocycles. The summed E-state index contributed by atoms with van der Waals surface area (Å²) in [5.74, 6) is 2.54. The number of nitrogens with zero attached hydrogens (tertiary/aromatic N) is 3. The summed E-state index contributed by atoms with van der Waals surface area (Å²) in [4.78, 5) is 12.3. The van der Waals surface area contributed by atoms with Gasteiger partial charge in [-0.1, -0.05) is 18.0 Å². The van der Waals surface area contributed by atoms with Gasteiger partial charge in [0.05, 0.1) is 0 Å². The summed E-state index contributed by atoms with van der Waals surface area (Å²) in [7, 11) is 0. The first-order valence-electron chi connectivity index (χ1n) is 9.16. The molecule has 1 atom stereocenters. The summed E-state index contributed by atoms with van der Waals surface area (Å²) in [5.41, 5.74) is 0.906. The van der Waals surface area contributed by atoms with E-state index in [1.807, 2.05) is 13.0 Å². The van der Waals surface area contributed by atoms with E-state index in [0.29, 0.717) is 23.7 Å². The first-order chi connectivity index (χ1) is 12.5. The number of ether oxygens (including phenoxy) is 1. The number of hydrogen-bond donors (Lipinski definition) is 1. The third-order valence-electron chi connectivity index (χ3n) is 4.64. The van der Waals surface area contributed by atoms with Gasteiger partial charge in [0.1, 0.15) is 17.4 Å². The summed E-state index contributed by atoms with van der Waals surface area (Å²) in [6.07, 6.45) is 4.66. The first kappa shape index (κ1) is 18.7. The molecular formula is C19H25ClN4O2. The number of amides is 1. The standard InChI is InChI=1S/C19H25ClN4O2/c1-13-12-15(20)7-8-16(13)26-14(2)19(25)21-10-9-18-23-22-17-6-4-3-5-11-24(17)18/h7-8,12,14H,3-6,9-11H2,1-2H3,(H,21,25). The van der Waals surface area contributed by atoms with Gasteiger partial charge in [-0.25, -0.2) is 0 Å². The Morgan fingerprint density at radius 1 is 1.35 bits per heavy atom. The predicted molar refractivity (Wildman–Crippen MR) is 101 cm³/mol. The van der Waals surface area contributed by atoms with E-state index in [-0.39, 0.29) is 5.91 Å². The Hall–Kier alpha value is -2.08. The maximum Gasteiger partial charge on any atom is 0.260 e. The van der Waals surface area contributed by atoms with Crippen molar-refractivity contribution in [3.8, 4) is 5.75 Å². The maximum absolute atomic E-state index is 12.3. The molecule has 2 aromatic rings. The number of rotatable bonds is 6. The van der Waals surface area contributed by atoms with Crippen molar-refractivity contribution in [3.63, 3.8) is 0 Å². The summed E-state index contributed by atoms with van der Waals surface area (Å²) in [6, 6.07) is 5.36. The second-order valence-electron chi connectivity index (χ2n) is 6.71. The van der Waals surface area contributed by atoms with E-state index < -0.39 is 6.10 Å². The second-order valence-corrected chi connectivity index (χ2v) is 7.14. The third kappa shape index (κ3) is 4.55. The van der Waals surface area contributed by atoms with Crippen LogP contribution in [0.4, 0.5) is 0 Å². The summed E-state index contributed by atoms with van der Waals surface area (Å²) >= 11 is 5.95. The molecule has 1 aliphatic heterocycles. The van der Waals surface area contributed by atoms with Gasteiger partial charge in [0.2, 0.25) is 0 Å². The van der Waals surface area contributed by atoms with Crippen LogP contribution in [0.1, 0.15) is 43.4 Å². The van der Waals surface area contributed by atoms with Crippen molar-refractivity contribution in [1.29, 1.82) is 0 Å². The van der Waals surface area contributed by atoms with Crippen LogP contribution in [0.5, 0.6) is 5.75 Å². The molecule has 1 aromatic heterocycles. The highest BCUT2D eigenvalue weighted by Gasteiger charge is 2.17. The minimum atomic E-state index is -0.578. The van der Waals surface area contributed by atoms with Crippen LogP contribution in [0.3, 0.4) is 0 Å². The quantitative estimate of drug-likeness (QED) is 0.841. The van der Waals surface area contributed by atoms with Crippen LogP contribution in [-0.4, -0.2) is 33.3 Å². The van der Waals surface area contributed by atoms with Crippen LogP contribution in [0, 0.1) is 6.92 Å². The molecule has 1 aliphatic rings. The number of carbonyl (C=O) groups excluding carboxylic acids is 1. The normalized spacial score (nSPS) is 15.0. The lowest BCUT2D eigenvalue weighted by Gasteiger charge is -2.16. The number of halogens is 1. The number of benzene rings is 1. The van der Waals surface area contributed by atoms with Gasteiger partial charge in [-0.2, -0.15) is 0 Å². The topological polar surface area (TPSA) is 69.0 Å². The fourth-order valence-electron chi connectivity index (χ4n) is 3.16. The fourth-order valence-corrected chi connectivity index (χ4v) is 3.39. The highest BCUT2D eigenvalue weighted by Crippen LogP contribution is 2.22. The Bertz CT molecular complexity index is 775. The van der Waals surface area contributed by atoms with Crippen molar-refractivity contribution in [2.45, 2.75) is 58.6 Å². The molecule has 1 unspecified atom stereocenters. The molecule has 0 fully saturated rings. The highest BCUT2D eigenvalue weighted by molar-refractivity contribution is 6.30. The Morgan fingerprint density at radius 3 is 3.00 bits per heavy atom. The minimum absolute atomic E-state index is 0.144. The van der Waals surface area contributed by atoms with E-state index in [2.05, 4.69) is 20.1 Å². The molecule has 1 amide bonds. The molecule has 0 saturated carbocycles. The van der Waals surface area contributed by atoms with Crippen LogP contribution in [0.25, 0.3) is 0 Å². The van der Waals surface area contributed by atoms with E-state index in [1.165, 1.54) is 12.8 Å². The predicted octanol–water partition coefficient (Wildman–Crippen LogP) is 3.09. The monoisotopic (exact) mass is 376 g/mol. The molecule has 140 valence electrons. The Morgan fingerprint density at radius 2 is 2.19 bits per heavy atom. The van der Waals surface area contributed by atoms with E-state index in [0.717, 1.165) is 36.6 Å². The lowest BCUT2D eigenvalue weighted by molar-refractivity contribution is -0.127. The molecule has 7 heteroatoms. The number of fused-ring (bicyclic) bond motifs is 1. The van der Waals surface area contributed by atoms with Gasteiger partial charge in [-0.05, 0) is 50.5 Å². The van der Waals surface area contributed by atoms with E-state index in [4.69, 9.17) is 16.3 Å². The van der Waals surface area contributed by atoms with Crippen LogP contribution in [0.2, 0.25) is 5.02 Å². The zero-order valence-corrected chi connectivity index (χ0v) is 16.1. The smallest absolute Gasteiger partial charge is 0.260 e. The molecule has 6 nitrogen and oxygen atoms in total. The zero-order chi connectivity index (χ0) is 18.5. The number of carbonyl (C=O) groups is 1. The van der Waals surface area contributed by atoms with Crippen molar-refractivity contribution in [3.05, 3.63) is 40.4 Å². The molecule has 0 saturated heterocycles. The molecule has 26 heavy (non-hydrogen) atoms. The number of nitrogens with one attached hydrogen (secondary N) is 1. The second kappa shape index (κ2) is 8.54. The first-order valence-corrected chi connectivity index (χ1v) is 9.54. The van der Waals surface area contributed by atoms with Crippen molar-refractivity contribution in [2.24, 2.45) is 0 Å². The van der Waals surface area contributed by atoms with Crippen LogP contribution >= 0.6 is 11.6 Å². The number of aryl methyl sites for hydroxylation is 2. The van der Waals surface area contributed by atoms with Gasteiger partial charge in [-0.15, -0.1) is 10.2 Å². The van der Waals surface area contributed by atoms with Crippen LogP contribution < -0.4 is 10.1 Å². The lowest BCUT2D eigenvalue weighted by Crippen LogP contribution is -2.37. The minimum Gasteiger partial charge on any atom is -0.481 e. The maximum atomic E-state index is 12.3. The lowest BCUT2D eigenvalue weighted by atomic mass is 10.2. The van der Waals surface area contributed by atoms with Crippen molar-refractivity contribution in [2.75, 3.05) is 6.54 Å². The molecule has 3 rings (SSSR count). The third-order valence-corrected chi connectivity index (χ3v) is 4.88. The van der Waals surface area contributed by atoms with Gasteiger partial charge in [-0.3, -0.25) is 4.79 Å². The average molecular weight is 377 g/mol. The van der Waals surface area contributed by atoms with Crippen LogP contribution in [0.15, 0.2) is 18.2 Å². The molecule has 1 N–H and O–H groups in total. The van der Waals surface area contributed by atoms with E-state index >= 15 is 0 Å². The van der Waals surface area contributed by atoms with Crippen molar-refractivity contribution in [1.82, 2.24) is 20.1 Å². The van der Waals surface area contributed by atoms with E-state index in [1.54, 1.807) is 19.1 Å². The number of hydrogen-bond acceptors (Lipinski definition) is 4.